The van der Waals surface area contributed by atoms with Gasteiger partial charge in [-0.3, -0.25) is 9.59 Å². The second-order valence-corrected chi connectivity index (χ2v) is 5.71. The van der Waals surface area contributed by atoms with E-state index in [1.54, 1.807) is 55.7 Å². The van der Waals surface area contributed by atoms with Gasteiger partial charge in [0.05, 0.1) is 25.7 Å². The molecule has 0 saturated heterocycles. The Labute approximate surface area is 150 Å². The van der Waals surface area contributed by atoms with Crippen molar-refractivity contribution in [3.8, 4) is 17.2 Å². The van der Waals surface area contributed by atoms with E-state index in [1.165, 1.54) is 0 Å². The van der Waals surface area contributed by atoms with Crippen LogP contribution in [0.4, 0.5) is 0 Å². The molecule has 6 heteroatoms. The van der Waals surface area contributed by atoms with E-state index in [1.807, 2.05) is 0 Å². The van der Waals surface area contributed by atoms with Crippen LogP contribution in [-0.4, -0.2) is 37.2 Å². The Kier molecular flexibility index (Phi) is 5.22. The van der Waals surface area contributed by atoms with Crippen molar-refractivity contribution in [2.75, 3.05) is 20.3 Å². The van der Waals surface area contributed by atoms with E-state index in [9.17, 15) is 9.59 Å². The summed E-state index contributed by atoms with van der Waals surface area (Å²) < 4.78 is 16.2. The lowest BCUT2D eigenvalue weighted by molar-refractivity contribution is -0.137. The quantitative estimate of drug-likeness (QED) is 0.802. The summed E-state index contributed by atoms with van der Waals surface area (Å²) in [5.74, 6) is 0.737. The summed E-state index contributed by atoms with van der Waals surface area (Å²) in [5, 5.41) is 8.61. The van der Waals surface area contributed by atoms with Crippen molar-refractivity contribution in [2.24, 2.45) is 0 Å². The van der Waals surface area contributed by atoms with Gasteiger partial charge in [-0.25, -0.2) is 0 Å². The van der Waals surface area contributed by atoms with Crippen molar-refractivity contribution in [3.63, 3.8) is 0 Å². The minimum Gasteiger partial charge on any atom is -0.497 e. The Morgan fingerprint density at radius 1 is 1.19 bits per heavy atom. The molecule has 1 heterocycles. The molecule has 0 aromatic heterocycles. The summed E-state index contributed by atoms with van der Waals surface area (Å²) in [4.78, 5) is 23.2. The normalized spacial score (nSPS) is 14.5. The van der Waals surface area contributed by atoms with E-state index in [-0.39, 0.29) is 25.4 Å². The zero-order chi connectivity index (χ0) is 18.5. The highest BCUT2D eigenvalue weighted by Gasteiger charge is 2.23. The Hall–Kier alpha value is -3.28. The molecule has 0 aliphatic carbocycles. The molecule has 6 nitrogen and oxygen atoms in total. The molecule has 0 unspecified atom stereocenters. The van der Waals surface area contributed by atoms with Crippen LogP contribution in [0.3, 0.4) is 0 Å². The van der Waals surface area contributed by atoms with Crippen LogP contribution >= 0.6 is 0 Å². The van der Waals surface area contributed by atoms with Gasteiger partial charge in [0, 0.05) is 5.57 Å². The molecule has 0 atom stereocenters. The lowest BCUT2D eigenvalue weighted by Gasteiger charge is -2.19. The zero-order valence-electron chi connectivity index (χ0n) is 14.2. The van der Waals surface area contributed by atoms with Crippen LogP contribution < -0.4 is 14.2 Å². The summed E-state index contributed by atoms with van der Waals surface area (Å²) in [6, 6.07) is 12.2. The van der Waals surface area contributed by atoms with Gasteiger partial charge in [0.2, 0.25) is 0 Å². The van der Waals surface area contributed by atoms with Gasteiger partial charge in [0.1, 0.15) is 23.9 Å². The van der Waals surface area contributed by atoms with E-state index in [0.717, 1.165) is 5.56 Å². The third-order valence-corrected chi connectivity index (χ3v) is 3.91. The van der Waals surface area contributed by atoms with Gasteiger partial charge >= 0.3 is 5.97 Å². The van der Waals surface area contributed by atoms with Gasteiger partial charge < -0.3 is 19.3 Å². The van der Waals surface area contributed by atoms with E-state index in [0.29, 0.717) is 28.4 Å². The minimum atomic E-state index is -0.904. The molecule has 134 valence electrons. The second kappa shape index (κ2) is 7.74. The number of hydrogen-bond acceptors (Lipinski definition) is 5. The van der Waals surface area contributed by atoms with Gasteiger partial charge in [-0.2, -0.15) is 0 Å². The van der Waals surface area contributed by atoms with Gasteiger partial charge in [-0.05, 0) is 42.0 Å². The first-order valence-electron chi connectivity index (χ1n) is 8.07. The van der Waals surface area contributed by atoms with Gasteiger partial charge in [-0.15, -0.1) is 0 Å². The van der Waals surface area contributed by atoms with Crippen molar-refractivity contribution >= 4 is 17.8 Å². The SMILES string of the molecule is COc1ccc2c(c1)C(=O)/C(=C\c1ccc(OCCC(=O)O)cc1)CO2. The molecule has 0 amide bonds. The predicted molar refractivity (Wildman–Crippen MR) is 95.0 cm³/mol. The Bertz CT molecular complexity index is 851. The Morgan fingerprint density at radius 2 is 1.92 bits per heavy atom. The first kappa shape index (κ1) is 17.5. The van der Waals surface area contributed by atoms with E-state index in [4.69, 9.17) is 19.3 Å². The van der Waals surface area contributed by atoms with Crippen LogP contribution in [0.1, 0.15) is 22.3 Å². The highest BCUT2D eigenvalue weighted by atomic mass is 16.5. The van der Waals surface area contributed by atoms with Crippen molar-refractivity contribution in [2.45, 2.75) is 6.42 Å². The molecule has 0 spiro atoms. The van der Waals surface area contributed by atoms with Gasteiger partial charge in [0.25, 0.3) is 0 Å². The van der Waals surface area contributed by atoms with Crippen LogP contribution in [0.2, 0.25) is 0 Å². The number of carboxylic acids is 1. The predicted octanol–water partition coefficient (Wildman–Crippen LogP) is 3.21. The largest absolute Gasteiger partial charge is 0.497 e. The number of methoxy groups -OCH3 is 1. The molecule has 0 bridgehead atoms. The molecular formula is C20H18O6. The summed E-state index contributed by atoms with van der Waals surface area (Å²) in [7, 11) is 1.55. The fourth-order valence-corrected chi connectivity index (χ4v) is 2.56. The first-order valence-corrected chi connectivity index (χ1v) is 8.07. The Balaban J connectivity index is 1.73. The molecule has 2 aromatic rings. The Morgan fingerprint density at radius 3 is 2.62 bits per heavy atom. The van der Waals surface area contributed by atoms with E-state index >= 15 is 0 Å². The number of benzene rings is 2. The number of carbonyl (C=O) groups is 2. The molecular weight excluding hydrogens is 336 g/mol. The number of Topliss-reactive ketones (excluding diaryl/α,β-unsaturated/α-hetero) is 1. The van der Waals surface area contributed by atoms with Crippen molar-refractivity contribution in [1.29, 1.82) is 0 Å². The number of fused-ring (bicyclic) bond motifs is 1. The summed E-state index contributed by atoms with van der Waals surface area (Å²) >= 11 is 0. The lowest BCUT2D eigenvalue weighted by Crippen LogP contribution is -2.19. The second-order valence-electron chi connectivity index (χ2n) is 5.71. The highest BCUT2D eigenvalue weighted by molar-refractivity contribution is 6.14. The number of rotatable bonds is 6. The molecule has 0 saturated carbocycles. The maximum atomic E-state index is 12.7. The number of ketones is 1. The standard InChI is InChI=1S/C20H18O6/c1-24-16-6-7-18-17(11-16)20(23)14(12-26-18)10-13-2-4-15(5-3-13)25-9-8-19(21)22/h2-7,10-11H,8-9,12H2,1H3,(H,21,22)/b14-10-. The molecule has 1 aliphatic heterocycles. The van der Waals surface area contributed by atoms with Crippen LogP contribution in [-0.2, 0) is 4.79 Å². The fourth-order valence-electron chi connectivity index (χ4n) is 2.56. The number of ether oxygens (including phenoxy) is 3. The first-order chi connectivity index (χ1) is 12.6. The number of carboxylic acid groups (broad SMARTS) is 1. The van der Waals surface area contributed by atoms with E-state index < -0.39 is 5.97 Å². The molecule has 0 fully saturated rings. The summed E-state index contributed by atoms with van der Waals surface area (Å²) in [6.07, 6.45) is 1.71. The van der Waals surface area contributed by atoms with Crippen LogP contribution in [0.25, 0.3) is 6.08 Å². The lowest BCUT2D eigenvalue weighted by atomic mass is 9.98. The average Bonchev–Trinajstić information content (AvgIpc) is 2.65. The minimum absolute atomic E-state index is 0.0550. The molecule has 26 heavy (non-hydrogen) atoms. The molecule has 2 aromatic carbocycles. The third kappa shape index (κ3) is 4.03. The van der Waals surface area contributed by atoms with Crippen molar-refractivity contribution < 1.29 is 28.9 Å². The van der Waals surface area contributed by atoms with Gasteiger partial charge in [0.15, 0.2) is 5.78 Å². The van der Waals surface area contributed by atoms with Crippen molar-refractivity contribution in [1.82, 2.24) is 0 Å². The topological polar surface area (TPSA) is 82.1 Å². The van der Waals surface area contributed by atoms with Crippen molar-refractivity contribution in [3.05, 3.63) is 59.2 Å². The molecule has 1 aliphatic rings. The van der Waals surface area contributed by atoms with Crippen LogP contribution in [0.5, 0.6) is 17.2 Å². The fraction of sp³-hybridized carbons (Fsp3) is 0.200. The molecule has 0 radical (unpaired) electrons. The third-order valence-electron chi connectivity index (χ3n) is 3.91. The molecule has 1 N–H and O–H groups in total. The monoisotopic (exact) mass is 354 g/mol. The number of aliphatic carboxylic acids is 1. The smallest absolute Gasteiger partial charge is 0.306 e. The maximum absolute atomic E-state index is 12.7. The van der Waals surface area contributed by atoms with Crippen LogP contribution in [0, 0.1) is 0 Å². The summed E-state index contributed by atoms with van der Waals surface area (Å²) in [6.45, 7) is 0.315. The van der Waals surface area contributed by atoms with E-state index in [2.05, 4.69) is 0 Å². The highest BCUT2D eigenvalue weighted by Crippen LogP contribution is 2.31. The van der Waals surface area contributed by atoms with Crippen LogP contribution in [0.15, 0.2) is 48.0 Å². The van der Waals surface area contributed by atoms with Gasteiger partial charge in [-0.1, -0.05) is 12.1 Å². The summed E-state index contributed by atoms with van der Waals surface area (Å²) in [5.41, 5.74) is 1.86. The zero-order valence-corrected chi connectivity index (χ0v) is 14.2. The number of carbonyl (C=O) groups excluding carboxylic acids is 1. The maximum Gasteiger partial charge on any atom is 0.306 e. The average molecular weight is 354 g/mol. The molecule has 3 rings (SSSR count). The number of hydrogen-bond donors (Lipinski definition) is 1.